The summed E-state index contributed by atoms with van der Waals surface area (Å²) < 4.78 is 21.4. The molecule has 2 aromatic carbocycles. The standard InChI is InChI=1S/C26H29ClN4O2S/c27-20-5-3-19(4-6-20)26(11-1-12-26)25-23-16-21(7-2-18(23)10-13-29-25)33-15-14-31-34(32)22-8-9-24(28)30-17-22/h2-9,16-17,25,29,31H,1,10-15H2,(H2,28,30). The molecule has 1 saturated carbocycles. The van der Waals surface area contributed by atoms with Gasteiger partial charge in [-0.2, -0.15) is 0 Å². The summed E-state index contributed by atoms with van der Waals surface area (Å²) in [4.78, 5) is 4.57. The Morgan fingerprint density at radius 3 is 2.71 bits per heavy atom. The van der Waals surface area contributed by atoms with Crippen molar-refractivity contribution in [3.63, 3.8) is 0 Å². The average Bonchev–Trinajstić information content (AvgIpc) is 2.83. The smallest absolute Gasteiger partial charge is 0.126 e. The Morgan fingerprint density at radius 2 is 2.00 bits per heavy atom. The van der Waals surface area contributed by atoms with Gasteiger partial charge in [0.25, 0.3) is 0 Å². The van der Waals surface area contributed by atoms with Crippen LogP contribution in [0.25, 0.3) is 0 Å². The lowest BCUT2D eigenvalue weighted by Gasteiger charge is -2.50. The molecule has 8 heteroatoms. The minimum absolute atomic E-state index is 0.0873. The molecule has 2 atom stereocenters. The van der Waals surface area contributed by atoms with Crippen molar-refractivity contribution in [2.45, 2.75) is 42.0 Å². The molecule has 0 saturated heterocycles. The molecule has 1 aromatic heterocycles. The first-order valence-corrected chi connectivity index (χ1v) is 13.2. The molecule has 34 heavy (non-hydrogen) atoms. The van der Waals surface area contributed by atoms with Crippen LogP contribution in [0.4, 0.5) is 5.82 Å². The topological polar surface area (TPSA) is 89.3 Å². The Kier molecular flexibility index (Phi) is 6.88. The number of pyridine rings is 1. The predicted molar refractivity (Wildman–Crippen MR) is 136 cm³/mol. The van der Waals surface area contributed by atoms with Crippen molar-refractivity contribution in [2.75, 3.05) is 25.4 Å². The molecule has 0 amide bonds. The fraction of sp³-hybridized carbons (Fsp3) is 0.346. The summed E-state index contributed by atoms with van der Waals surface area (Å²) in [5.74, 6) is 1.24. The Labute approximate surface area is 207 Å². The zero-order chi connectivity index (χ0) is 23.5. The van der Waals surface area contributed by atoms with E-state index in [0.717, 1.165) is 36.6 Å². The van der Waals surface area contributed by atoms with Gasteiger partial charge < -0.3 is 15.8 Å². The quantitative estimate of drug-likeness (QED) is 0.404. The number of nitrogens with two attached hydrogens (primary N) is 1. The molecule has 2 unspecified atom stereocenters. The van der Waals surface area contributed by atoms with Crippen LogP contribution in [0.2, 0.25) is 5.02 Å². The third-order valence-corrected chi connectivity index (χ3v) is 8.35. The first-order chi connectivity index (χ1) is 16.5. The summed E-state index contributed by atoms with van der Waals surface area (Å²) >= 11 is 6.17. The van der Waals surface area contributed by atoms with Gasteiger partial charge in [0.15, 0.2) is 0 Å². The van der Waals surface area contributed by atoms with E-state index in [4.69, 9.17) is 22.1 Å². The second kappa shape index (κ2) is 10.0. The molecule has 178 valence electrons. The van der Waals surface area contributed by atoms with Crippen molar-refractivity contribution < 1.29 is 8.95 Å². The number of ether oxygens (including phenoxy) is 1. The largest absolute Gasteiger partial charge is 0.492 e. The lowest BCUT2D eigenvalue weighted by molar-refractivity contribution is 0.164. The first kappa shape index (κ1) is 23.3. The molecule has 0 radical (unpaired) electrons. The second-order valence-corrected chi connectivity index (χ2v) is 10.7. The number of aromatic nitrogens is 1. The minimum atomic E-state index is -1.35. The van der Waals surface area contributed by atoms with Crippen LogP contribution >= 0.6 is 11.6 Å². The van der Waals surface area contributed by atoms with Crippen LogP contribution in [0.3, 0.4) is 0 Å². The van der Waals surface area contributed by atoms with E-state index >= 15 is 0 Å². The molecule has 5 rings (SSSR count). The summed E-state index contributed by atoms with van der Waals surface area (Å²) in [6.07, 6.45) is 6.09. The maximum absolute atomic E-state index is 12.4. The highest BCUT2D eigenvalue weighted by Crippen LogP contribution is 2.53. The Hall–Kier alpha value is -2.45. The van der Waals surface area contributed by atoms with E-state index in [9.17, 15) is 4.21 Å². The predicted octanol–water partition coefficient (Wildman–Crippen LogP) is 4.32. The van der Waals surface area contributed by atoms with E-state index < -0.39 is 11.0 Å². The van der Waals surface area contributed by atoms with Gasteiger partial charge in [-0.3, -0.25) is 0 Å². The monoisotopic (exact) mass is 496 g/mol. The van der Waals surface area contributed by atoms with Crippen molar-refractivity contribution in [2.24, 2.45) is 0 Å². The summed E-state index contributed by atoms with van der Waals surface area (Å²) in [5, 5.41) is 4.58. The highest BCUT2D eigenvalue weighted by atomic mass is 35.5. The number of hydrogen-bond acceptors (Lipinski definition) is 5. The van der Waals surface area contributed by atoms with Gasteiger partial charge in [-0.25, -0.2) is 13.9 Å². The van der Waals surface area contributed by atoms with Crippen molar-refractivity contribution in [1.82, 2.24) is 15.0 Å². The zero-order valence-corrected chi connectivity index (χ0v) is 20.5. The highest BCUT2D eigenvalue weighted by molar-refractivity contribution is 7.83. The molecule has 6 nitrogen and oxygen atoms in total. The molecule has 4 N–H and O–H groups in total. The van der Waals surface area contributed by atoms with Gasteiger partial charge in [0.1, 0.15) is 29.2 Å². The van der Waals surface area contributed by atoms with E-state index in [-0.39, 0.29) is 11.5 Å². The van der Waals surface area contributed by atoms with Crippen molar-refractivity contribution in [3.05, 3.63) is 82.5 Å². The van der Waals surface area contributed by atoms with Gasteiger partial charge in [-0.15, -0.1) is 0 Å². The fourth-order valence-electron chi connectivity index (χ4n) is 5.08. The number of benzene rings is 2. The lowest BCUT2D eigenvalue weighted by atomic mass is 9.58. The van der Waals surface area contributed by atoms with Crippen LogP contribution < -0.4 is 20.5 Å². The van der Waals surface area contributed by atoms with E-state index in [0.29, 0.717) is 23.9 Å². The molecular weight excluding hydrogens is 468 g/mol. The molecule has 3 aromatic rings. The van der Waals surface area contributed by atoms with Gasteiger partial charge in [0, 0.05) is 29.2 Å². The maximum Gasteiger partial charge on any atom is 0.126 e. The number of nitrogens with zero attached hydrogens (tertiary/aromatic N) is 1. The average molecular weight is 497 g/mol. The Bertz CT molecular complexity index is 1170. The molecule has 2 aliphatic rings. The highest BCUT2D eigenvalue weighted by Gasteiger charge is 2.47. The van der Waals surface area contributed by atoms with Gasteiger partial charge in [0.05, 0.1) is 4.90 Å². The zero-order valence-electron chi connectivity index (χ0n) is 18.9. The van der Waals surface area contributed by atoms with E-state index in [1.54, 1.807) is 12.1 Å². The van der Waals surface area contributed by atoms with Crippen LogP contribution in [-0.4, -0.2) is 28.9 Å². The number of nitrogen functional groups attached to an aromatic ring is 1. The normalized spacial score (nSPS) is 19.6. The summed E-state index contributed by atoms with van der Waals surface area (Å²) in [7, 11) is -1.35. The molecule has 2 heterocycles. The van der Waals surface area contributed by atoms with Gasteiger partial charge in [-0.1, -0.05) is 36.2 Å². The number of anilines is 1. The Morgan fingerprint density at radius 1 is 1.18 bits per heavy atom. The van der Waals surface area contributed by atoms with Crippen LogP contribution in [0, 0.1) is 0 Å². The summed E-state index contributed by atoms with van der Waals surface area (Å²) in [5.41, 5.74) is 9.73. The van der Waals surface area contributed by atoms with Crippen LogP contribution in [-0.2, 0) is 22.8 Å². The van der Waals surface area contributed by atoms with Gasteiger partial charge in [0.2, 0.25) is 0 Å². The number of nitrogens with one attached hydrogen (secondary N) is 2. The molecule has 0 spiro atoms. The molecular formula is C26H29ClN4O2S. The lowest BCUT2D eigenvalue weighted by Crippen LogP contribution is -2.49. The Balaban J connectivity index is 1.27. The van der Waals surface area contributed by atoms with Crippen LogP contribution in [0.5, 0.6) is 5.75 Å². The van der Waals surface area contributed by atoms with Crippen LogP contribution in [0.1, 0.15) is 42.0 Å². The maximum atomic E-state index is 12.4. The molecule has 1 aliphatic heterocycles. The fourth-order valence-corrected chi connectivity index (χ4v) is 5.99. The number of halogens is 1. The SMILES string of the molecule is Nc1ccc(S(=O)NCCOc2ccc3c(c2)C(C2(c4ccc(Cl)cc4)CCC2)NCC3)cn1. The van der Waals surface area contributed by atoms with E-state index in [2.05, 4.69) is 39.3 Å². The first-order valence-electron chi connectivity index (χ1n) is 11.7. The molecule has 1 fully saturated rings. The van der Waals surface area contributed by atoms with Gasteiger partial charge >= 0.3 is 0 Å². The van der Waals surface area contributed by atoms with Crippen molar-refractivity contribution in [1.29, 1.82) is 0 Å². The van der Waals surface area contributed by atoms with E-state index in [1.165, 1.54) is 29.3 Å². The molecule has 1 aliphatic carbocycles. The van der Waals surface area contributed by atoms with Crippen molar-refractivity contribution >= 4 is 28.4 Å². The number of fused-ring (bicyclic) bond motifs is 1. The second-order valence-electron chi connectivity index (χ2n) is 8.94. The molecule has 0 bridgehead atoms. The van der Waals surface area contributed by atoms with E-state index in [1.807, 2.05) is 18.2 Å². The van der Waals surface area contributed by atoms with Crippen LogP contribution in [0.15, 0.2) is 65.7 Å². The third-order valence-electron chi connectivity index (χ3n) is 6.97. The number of hydrogen-bond donors (Lipinski definition) is 3. The summed E-state index contributed by atoms with van der Waals surface area (Å²) in [6.45, 7) is 1.83. The van der Waals surface area contributed by atoms with Crippen molar-refractivity contribution in [3.8, 4) is 5.75 Å². The third kappa shape index (κ3) is 4.70. The minimum Gasteiger partial charge on any atom is -0.492 e. The number of rotatable bonds is 8. The van der Waals surface area contributed by atoms with Gasteiger partial charge in [-0.05, 0) is 78.9 Å². The summed E-state index contributed by atoms with van der Waals surface area (Å²) in [6, 6.07) is 18.4.